The summed E-state index contributed by atoms with van der Waals surface area (Å²) in [5, 5.41) is 6.41. The van der Waals surface area contributed by atoms with Gasteiger partial charge in [0.15, 0.2) is 10.7 Å². The largest absolute Gasteiger partial charge is 0.436 e. The van der Waals surface area contributed by atoms with Crippen LogP contribution in [0.15, 0.2) is 65.1 Å². The van der Waals surface area contributed by atoms with Crippen molar-refractivity contribution in [2.45, 2.75) is 13.8 Å². The van der Waals surface area contributed by atoms with E-state index in [9.17, 15) is 4.79 Å². The first-order valence-corrected chi connectivity index (χ1v) is 10.0. The Kier molecular flexibility index (Phi) is 5.53. The molecule has 5 nitrogen and oxygen atoms in total. The molecule has 0 unspecified atom stereocenters. The number of carbonyl (C=O) groups excluding carboxylic acids is 1. The summed E-state index contributed by atoms with van der Waals surface area (Å²) in [5.74, 6) is 0.247. The normalized spacial score (nSPS) is 10.8. The molecule has 0 saturated heterocycles. The Morgan fingerprint density at radius 1 is 1.00 bits per heavy atom. The second-order valence-electron chi connectivity index (χ2n) is 6.99. The number of aromatic nitrogens is 1. The highest BCUT2D eigenvalue weighted by atomic mass is 35.5. The van der Waals surface area contributed by atoms with Crippen LogP contribution in [0.2, 0.25) is 5.02 Å². The molecule has 30 heavy (non-hydrogen) atoms. The number of hydrogen-bond acceptors (Lipinski definition) is 4. The number of oxazole rings is 1. The number of benzene rings is 3. The van der Waals surface area contributed by atoms with E-state index in [0.29, 0.717) is 33.3 Å². The van der Waals surface area contributed by atoms with E-state index in [1.807, 2.05) is 44.2 Å². The van der Waals surface area contributed by atoms with E-state index in [0.717, 1.165) is 16.7 Å². The van der Waals surface area contributed by atoms with Crippen molar-refractivity contribution < 1.29 is 9.21 Å². The fraction of sp³-hybridized carbons (Fsp3) is 0.0870. The van der Waals surface area contributed by atoms with Gasteiger partial charge in [-0.3, -0.25) is 10.1 Å². The fourth-order valence-corrected chi connectivity index (χ4v) is 3.50. The summed E-state index contributed by atoms with van der Waals surface area (Å²) >= 11 is 11.1. The molecular weight excluding hydrogens is 418 g/mol. The fourth-order valence-electron chi connectivity index (χ4n) is 3.17. The predicted molar refractivity (Wildman–Crippen MR) is 124 cm³/mol. The Balaban J connectivity index is 1.50. The van der Waals surface area contributed by atoms with E-state index in [2.05, 4.69) is 21.7 Å². The van der Waals surface area contributed by atoms with Crippen molar-refractivity contribution in [2.75, 3.05) is 5.32 Å². The van der Waals surface area contributed by atoms with Gasteiger partial charge in [-0.25, -0.2) is 4.98 Å². The first-order valence-electron chi connectivity index (χ1n) is 9.24. The number of amides is 1. The summed E-state index contributed by atoms with van der Waals surface area (Å²) < 4.78 is 5.90. The number of hydrogen-bond donors (Lipinski definition) is 2. The Labute approximate surface area is 184 Å². The van der Waals surface area contributed by atoms with E-state index in [1.165, 1.54) is 0 Å². The minimum Gasteiger partial charge on any atom is -0.436 e. The van der Waals surface area contributed by atoms with Crippen molar-refractivity contribution in [3.05, 3.63) is 82.4 Å². The third-order valence-electron chi connectivity index (χ3n) is 4.45. The summed E-state index contributed by atoms with van der Waals surface area (Å²) in [7, 11) is 0. The molecule has 4 rings (SSSR count). The van der Waals surface area contributed by atoms with Crippen LogP contribution >= 0.6 is 23.8 Å². The van der Waals surface area contributed by atoms with Gasteiger partial charge in [-0.1, -0.05) is 28.8 Å². The van der Waals surface area contributed by atoms with Gasteiger partial charge in [-0.2, -0.15) is 0 Å². The molecule has 0 aliphatic heterocycles. The smallest absolute Gasteiger partial charge is 0.257 e. The number of rotatable bonds is 3. The zero-order valence-corrected chi connectivity index (χ0v) is 17.9. The maximum absolute atomic E-state index is 12.3. The van der Waals surface area contributed by atoms with Crippen LogP contribution in [0.25, 0.3) is 22.6 Å². The second kappa shape index (κ2) is 8.26. The number of fused-ring (bicyclic) bond motifs is 1. The third-order valence-corrected chi connectivity index (χ3v) is 4.90. The molecule has 0 aliphatic rings. The number of aryl methyl sites for hydroxylation is 2. The van der Waals surface area contributed by atoms with Crippen LogP contribution in [0.1, 0.15) is 21.5 Å². The minimum atomic E-state index is -0.316. The Morgan fingerprint density at radius 2 is 1.70 bits per heavy atom. The molecule has 0 aliphatic carbocycles. The summed E-state index contributed by atoms with van der Waals surface area (Å²) in [6.45, 7) is 4.08. The minimum absolute atomic E-state index is 0.187. The van der Waals surface area contributed by atoms with Gasteiger partial charge in [-0.15, -0.1) is 0 Å². The van der Waals surface area contributed by atoms with Gasteiger partial charge < -0.3 is 9.73 Å². The van der Waals surface area contributed by atoms with E-state index in [4.69, 9.17) is 28.2 Å². The zero-order valence-electron chi connectivity index (χ0n) is 16.3. The lowest BCUT2D eigenvalue weighted by Gasteiger charge is -2.09. The predicted octanol–water partition coefficient (Wildman–Crippen LogP) is 5.89. The lowest BCUT2D eigenvalue weighted by Crippen LogP contribution is -2.34. The molecule has 1 aromatic heterocycles. The summed E-state index contributed by atoms with van der Waals surface area (Å²) in [6, 6.07) is 18.2. The van der Waals surface area contributed by atoms with Crippen LogP contribution in [0, 0.1) is 13.8 Å². The van der Waals surface area contributed by atoms with Crippen LogP contribution in [-0.4, -0.2) is 16.0 Å². The Bertz CT molecular complexity index is 1250. The molecule has 2 N–H and O–H groups in total. The molecule has 0 radical (unpaired) electrons. The van der Waals surface area contributed by atoms with Gasteiger partial charge in [0.05, 0.1) is 0 Å². The molecule has 3 aromatic carbocycles. The van der Waals surface area contributed by atoms with Crippen LogP contribution in [0.3, 0.4) is 0 Å². The topological polar surface area (TPSA) is 67.2 Å². The Hall–Kier alpha value is -3.22. The van der Waals surface area contributed by atoms with E-state index >= 15 is 0 Å². The van der Waals surface area contributed by atoms with Crippen LogP contribution in [0.5, 0.6) is 0 Å². The monoisotopic (exact) mass is 435 g/mol. The van der Waals surface area contributed by atoms with Crippen LogP contribution < -0.4 is 10.6 Å². The van der Waals surface area contributed by atoms with Gasteiger partial charge in [-0.05, 0) is 80.7 Å². The molecule has 1 heterocycles. The Morgan fingerprint density at radius 3 is 2.40 bits per heavy atom. The number of anilines is 1. The van der Waals surface area contributed by atoms with Gasteiger partial charge in [0.1, 0.15) is 5.52 Å². The van der Waals surface area contributed by atoms with Crippen molar-refractivity contribution in [2.24, 2.45) is 0 Å². The third kappa shape index (κ3) is 4.50. The highest BCUT2D eigenvalue weighted by molar-refractivity contribution is 7.80. The molecule has 0 saturated carbocycles. The van der Waals surface area contributed by atoms with Crippen molar-refractivity contribution >= 4 is 51.6 Å². The first-order chi connectivity index (χ1) is 14.4. The van der Waals surface area contributed by atoms with Crippen molar-refractivity contribution in [1.29, 1.82) is 0 Å². The van der Waals surface area contributed by atoms with Gasteiger partial charge in [0, 0.05) is 21.8 Å². The van der Waals surface area contributed by atoms with Gasteiger partial charge in [0.25, 0.3) is 5.91 Å². The zero-order chi connectivity index (χ0) is 21.3. The number of carbonyl (C=O) groups is 1. The first kappa shape index (κ1) is 20.1. The molecule has 4 aromatic rings. The average Bonchev–Trinajstić information content (AvgIpc) is 3.11. The maximum Gasteiger partial charge on any atom is 0.257 e. The highest BCUT2D eigenvalue weighted by Gasteiger charge is 2.12. The van der Waals surface area contributed by atoms with E-state index in [-0.39, 0.29) is 11.0 Å². The lowest BCUT2D eigenvalue weighted by atomic mass is 10.1. The van der Waals surface area contributed by atoms with Crippen molar-refractivity contribution in [1.82, 2.24) is 10.3 Å². The molecule has 1 amide bonds. The van der Waals surface area contributed by atoms with Gasteiger partial charge in [0.2, 0.25) is 5.89 Å². The number of nitrogens with one attached hydrogen (secondary N) is 2. The summed E-state index contributed by atoms with van der Waals surface area (Å²) in [4.78, 5) is 16.9. The average molecular weight is 436 g/mol. The quantitative estimate of drug-likeness (QED) is 0.392. The number of halogens is 1. The SMILES string of the molecule is Cc1cc(C)cc(-c2nc3cc(NC(=S)NC(=O)c4ccc(Cl)cc4)ccc3o2)c1. The summed E-state index contributed by atoms with van der Waals surface area (Å²) in [6.07, 6.45) is 0. The van der Waals surface area contributed by atoms with Crippen molar-refractivity contribution in [3.8, 4) is 11.5 Å². The second-order valence-corrected chi connectivity index (χ2v) is 7.84. The number of nitrogens with zero attached hydrogens (tertiary/aromatic N) is 1. The molecule has 0 bridgehead atoms. The number of thiocarbonyl (C=S) groups is 1. The molecule has 150 valence electrons. The maximum atomic E-state index is 12.3. The van der Waals surface area contributed by atoms with E-state index < -0.39 is 0 Å². The lowest BCUT2D eigenvalue weighted by molar-refractivity contribution is 0.0977. The van der Waals surface area contributed by atoms with Crippen LogP contribution in [-0.2, 0) is 0 Å². The molecule has 0 spiro atoms. The molecule has 7 heteroatoms. The molecule has 0 fully saturated rings. The van der Waals surface area contributed by atoms with Gasteiger partial charge >= 0.3 is 0 Å². The summed E-state index contributed by atoms with van der Waals surface area (Å²) in [5.41, 5.74) is 5.77. The van der Waals surface area contributed by atoms with E-state index in [1.54, 1.807) is 24.3 Å². The van der Waals surface area contributed by atoms with Crippen molar-refractivity contribution in [3.63, 3.8) is 0 Å². The highest BCUT2D eigenvalue weighted by Crippen LogP contribution is 2.27. The molecule has 0 atom stereocenters. The standard InChI is InChI=1S/C23H18ClN3O2S/c1-13-9-14(2)11-16(10-13)22-26-19-12-18(7-8-20(19)29-22)25-23(30)27-21(28)15-3-5-17(24)6-4-15/h3-12H,1-2H3,(H2,25,27,28,30). The van der Waals surface area contributed by atoms with Crippen LogP contribution in [0.4, 0.5) is 5.69 Å². The molecular formula is C23H18ClN3O2S.